The number of anilines is 1. The van der Waals surface area contributed by atoms with E-state index in [1.807, 2.05) is 19.9 Å². The quantitative estimate of drug-likeness (QED) is 0.533. The van der Waals surface area contributed by atoms with Gasteiger partial charge in [0.1, 0.15) is 0 Å². The van der Waals surface area contributed by atoms with Crippen LogP contribution in [0.3, 0.4) is 0 Å². The van der Waals surface area contributed by atoms with E-state index in [0.29, 0.717) is 17.3 Å². The van der Waals surface area contributed by atoms with Crippen molar-refractivity contribution in [3.63, 3.8) is 0 Å². The molecule has 12 heteroatoms. The third kappa shape index (κ3) is 5.37. The second-order valence-corrected chi connectivity index (χ2v) is 7.56. The summed E-state index contributed by atoms with van der Waals surface area (Å²) in [7, 11) is 0. The summed E-state index contributed by atoms with van der Waals surface area (Å²) in [6.45, 7) is 4.11. The van der Waals surface area contributed by atoms with Gasteiger partial charge in [0.15, 0.2) is 17.3 Å². The van der Waals surface area contributed by atoms with Gasteiger partial charge in [-0.2, -0.15) is 23.3 Å². The first-order valence-corrected chi connectivity index (χ1v) is 9.69. The Labute approximate surface area is 180 Å². The summed E-state index contributed by atoms with van der Waals surface area (Å²) < 4.78 is 54.5. The maximum atomic E-state index is 13.5. The zero-order chi connectivity index (χ0) is 23.5. The highest BCUT2D eigenvalue weighted by atomic mass is 19.4. The van der Waals surface area contributed by atoms with Gasteiger partial charge >= 0.3 is 6.18 Å². The fraction of sp³-hybridized carbons (Fsp3) is 0.350. The summed E-state index contributed by atoms with van der Waals surface area (Å²) in [5.41, 5.74) is 4.09. The van der Waals surface area contributed by atoms with Crippen molar-refractivity contribution in [2.45, 2.75) is 32.4 Å². The molecular formula is C20H21F4N7O. The predicted octanol–water partition coefficient (Wildman–Crippen LogP) is 3.36. The highest BCUT2D eigenvalue weighted by molar-refractivity contribution is 5.95. The monoisotopic (exact) mass is 451 g/mol. The van der Waals surface area contributed by atoms with Crippen LogP contribution in [0.2, 0.25) is 0 Å². The molecule has 1 unspecified atom stereocenters. The van der Waals surface area contributed by atoms with Crippen molar-refractivity contribution in [2.75, 3.05) is 12.3 Å². The van der Waals surface area contributed by atoms with Crippen LogP contribution in [0.5, 0.6) is 0 Å². The minimum Gasteiger partial charge on any atom is -0.381 e. The van der Waals surface area contributed by atoms with Crippen molar-refractivity contribution in [1.29, 1.82) is 0 Å². The van der Waals surface area contributed by atoms with E-state index in [0.717, 1.165) is 11.8 Å². The first kappa shape index (κ1) is 23.1. The van der Waals surface area contributed by atoms with E-state index in [1.165, 1.54) is 0 Å². The standard InChI is InChI=1S/C20H21F4N7O/c1-11(2)6-13(12-4-3-5-26-7-12)8-27-18(32)14-10-31(30-16(14)20(22,23)24)19-28-9-15(21)17(25)29-19/h3-5,7,9-11,13H,6,8H2,1-2H3,(H,27,32)(H2,25,28,29). The maximum Gasteiger partial charge on any atom is 0.435 e. The highest BCUT2D eigenvalue weighted by Crippen LogP contribution is 2.31. The maximum absolute atomic E-state index is 13.5. The van der Waals surface area contributed by atoms with E-state index in [2.05, 4.69) is 25.4 Å². The van der Waals surface area contributed by atoms with Gasteiger partial charge in [-0.1, -0.05) is 19.9 Å². The molecule has 3 aromatic rings. The van der Waals surface area contributed by atoms with Gasteiger partial charge < -0.3 is 11.1 Å². The average molecular weight is 451 g/mol. The molecule has 0 bridgehead atoms. The summed E-state index contributed by atoms with van der Waals surface area (Å²) in [5, 5.41) is 5.95. The van der Waals surface area contributed by atoms with Gasteiger partial charge in [-0.25, -0.2) is 14.1 Å². The lowest BCUT2D eigenvalue weighted by Gasteiger charge is -2.20. The molecule has 3 heterocycles. The lowest BCUT2D eigenvalue weighted by Crippen LogP contribution is -2.30. The molecule has 0 aliphatic rings. The van der Waals surface area contributed by atoms with Gasteiger partial charge in [-0.15, -0.1) is 0 Å². The highest BCUT2D eigenvalue weighted by Gasteiger charge is 2.39. The number of halogens is 4. The van der Waals surface area contributed by atoms with Crippen LogP contribution < -0.4 is 11.1 Å². The van der Waals surface area contributed by atoms with Gasteiger partial charge in [0.25, 0.3) is 11.9 Å². The number of nitrogens with two attached hydrogens (primary N) is 1. The second-order valence-electron chi connectivity index (χ2n) is 7.56. The predicted molar refractivity (Wildman–Crippen MR) is 107 cm³/mol. The lowest BCUT2D eigenvalue weighted by atomic mass is 9.91. The van der Waals surface area contributed by atoms with E-state index < -0.39 is 40.9 Å². The summed E-state index contributed by atoms with van der Waals surface area (Å²) in [5.74, 6) is -2.71. The Morgan fingerprint density at radius 1 is 1.28 bits per heavy atom. The number of aromatic nitrogens is 5. The number of amides is 1. The normalized spacial score (nSPS) is 12.7. The lowest BCUT2D eigenvalue weighted by molar-refractivity contribution is -0.141. The molecule has 0 radical (unpaired) electrons. The largest absolute Gasteiger partial charge is 0.435 e. The van der Waals surface area contributed by atoms with Crippen LogP contribution in [0.4, 0.5) is 23.4 Å². The topological polar surface area (TPSA) is 112 Å². The number of rotatable bonds is 7. The number of hydrogen-bond donors (Lipinski definition) is 2. The molecule has 0 aromatic carbocycles. The Morgan fingerprint density at radius 3 is 2.62 bits per heavy atom. The first-order chi connectivity index (χ1) is 15.1. The molecule has 1 atom stereocenters. The van der Waals surface area contributed by atoms with Gasteiger partial charge in [-0.05, 0) is 24.0 Å². The van der Waals surface area contributed by atoms with Crippen LogP contribution >= 0.6 is 0 Å². The number of hydrogen-bond acceptors (Lipinski definition) is 6. The summed E-state index contributed by atoms with van der Waals surface area (Å²) in [4.78, 5) is 23.9. The molecule has 170 valence electrons. The van der Waals surface area contributed by atoms with Crippen molar-refractivity contribution < 1.29 is 22.4 Å². The van der Waals surface area contributed by atoms with Gasteiger partial charge in [0.05, 0.1) is 11.8 Å². The molecular weight excluding hydrogens is 430 g/mol. The Bertz CT molecular complexity index is 1080. The summed E-state index contributed by atoms with van der Waals surface area (Å²) in [6, 6.07) is 3.60. The van der Waals surface area contributed by atoms with Crippen molar-refractivity contribution in [3.05, 3.63) is 59.6 Å². The van der Waals surface area contributed by atoms with Crippen molar-refractivity contribution in [1.82, 2.24) is 30.0 Å². The van der Waals surface area contributed by atoms with Crippen LogP contribution in [0.25, 0.3) is 5.95 Å². The van der Waals surface area contributed by atoms with Gasteiger partial charge in [0, 0.05) is 31.1 Å². The van der Waals surface area contributed by atoms with Crippen LogP contribution in [-0.2, 0) is 6.18 Å². The van der Waals surface area contributed by atoms with Crippen molar-refractivity contribution in [3.8, 4) is 5.95 Å². The van der Waals surface area contributed by atoms with Crippen molar-refractivity contribution in [2.24, 2.45) is 5.92 Å². The Kier molecular flexibility index (Phi) is 6.70. The molecule has 1 amide bonds. The Morgan fingerprint density at radius 2 is 2.03 bits per heavy atom. The van der Waals surface area contributed by atoms with Crippen LogP contribution in [-0.4, -0.2) is 37.2 Å². The van der Waals surface area contributed by atoms with Crippen molar-refractivity contribution >= 4 is 11.7 Å². The van der Waals surface area contributed by atoms with Crippen LogP contribution in [0.1, 0.15) is 47.8 Å². The third-order valence-electron chi connectivity index (χ3n) is 4.61. The smallest absolute Gasteiger partial charge is 0.381 e. The number of carbonyl (C=O) groups excluding carboxylic acids is 1. The number of carbonyl (C=O) groups is 1. The van der Waals surface area contributed by atoms with E-state index in [4.69, 9.17) is 5.73 Å². The third-order valence-corrected chi connectivity index (χ3v) is 4.61. The van der Waals surface area contributed by atoms with Gasteiger partial charge in [0.2, 0.25) is 0 Å². The number of nitrogen functional groups attached to an aromatic ring is 1. The minimum atomic E-state index is -4.91. The molecule has 3 rings (SSSR count). The molecule has 3 aromatic heterocycles. The Balaban J connectivity index is 1.87. The molecule has 0 spiro atoms. The number of pyridine rings is 1. The first-order valence-electron chi connectivity index (χ1n) is 9.69. The zero-order valence-corrected chi connectivity index (χ0v) is 17.3. The molecule has 32 heavy (non-hydrogen) atoms. The molecule has 0 saturated carbocycles. The molecule has 0 aliphatic carbocycles. The van der Waals surface area contributed by atoms with E-state index in [9.17, 15) is 22.4 Å². The number of nitrogens with zero attached hydrogens (tertiary/aromatic N) is 5. The SMILES string of the molecule is CC(C)CC(CNC(=O)c1cn(-c2ncc(F)c(N)n2)nc1C(F)(F)F)c1cccnc1. The minimum absolute atomic E-state index is 0.102. The number of nitrogens with one attached hydrogen (secondary N) is 1. The average Bonchev–Trinajstić information content (AvgIpc) is 3.19. The van der Waals surface area contributed by atoms with Crippen LogP contribution in [0.15, 0.2) is 36.9 Å². The molecule has 8 nitrogen and oxygen atoms in total. The fourth-order valence-corrected chi connectivity index (χ4v) is 3.17. The molecule has 0 saturated heterocycles. The van der Waals surface area contributed by atoms with Crippen LogP contribution in [0, 0.1) is 11.7 Å². The number of alkyl halides is 3. The van der Waals surface area contributed by atoms with E-state index in [-0.39, 0.29) is 18.4 Å². The summed E-state index contributed by atoms with van der Waals surface area (Å²) in [6.07, 6.45) is 0.602. The van der Waals surface area contributed by atoms with E-state index >= 15 is 0 Å². The molecule has 3 N–H and O–H groups in total. The zero-order valence-electron chi connectivity index (χ0n) is 17.3. The van der Waals surface area contributed by atoms with Gasteiger partial charge in [-0.3, -0.25) is 9.78 Å². The second kappa shape index (κ2) is 9.28. The van der Waals surface area contributed by atoms with E-state index in [1.54, 1.807) is 18.5 Å². The Hall–Kier alpha value is -3.57. The molecule has 0 fully saturated rings. The molecule has 0 aliphatic heterocycles. The summed E-state index contributed by atoms with van der Waals surface area (Å²) >= 11 is 0. The fourth-order valence-electron chi connectivity index (χ4n) is 3.17.